The standard InChI is InChI=1S/C11H21N3/c1-4-10(12)7-14-8-13-6-11(14)5-9(2)3/h6,8-10H,4-5,7,12H2,1-3H3. The summed E-state index contributed by atoms with van der Waals surface area (Å²) in [5, 5.41) is 0. The minimum Gasteiger partial charge on any atom is -0.333 e. The molecule has 14 heavy (non-hydrogen) atoms. The molecule has 0 aromatic carbocycles. The van der Waals surface area contributed by atoms with Gasteiger partial charge in [0.1, 0.15) is 0 Å². The first kappa shape index (κ1) is 11.2. The molecule has 1 rings (SSSR count). The van der Waals surface area contributed by atoms with Crippen molar-refractivity contribution in [2.24, 2.45) is 11.7 Å². The van der Waals surface area contributed by atoms with E-state index >= 15 is 0 Å². The Labute approximate surface area is 86.3 Å². The van der Waals surface area contributed by atoms with Crippen molar-refractivity contribution in [3.8, 4) is 0 Å². The summed E-state index contributed by atoms with van der Waals surface area (Å²) in [6.45, 7) is 7.44. The van der Waals surface area contributed by atoms with Gasteiger partial charge in [0.25, 0.3) is 0 Å². The van der Waals surface area contributed by atoms with Gasteiger partial charge < -0.3 is 10.3 Å². The highest BCUT2D eigenvalue weighted by Crippen LogP contribution is 2.08. The fourth-order valence-corrected chi connectivity index (χ4v) is 1.48. The molecule has 1 aromatic rings. The first-order valence-electron chi connectivity index (χ1n) is 5.38. The average molecular weight is 195 g/mol. The monoisotopic (exact) mass is 195 g/mol. The van der Waals surface area contributed by atoms with Crippen molar-refractivity contribution in [3.05, 3.63) is 18.2 Å². The van der Waals surface area contributed by atoms with E-state index < -0.39 is 0 Å². The third kappa shape index (κ3) is 3.14. The van der Waals surface area contributed by atoms with Crippen LogP contribution in [0.2, 0.25) is 0 Å². The van der Waals surface area contributed by atoms with E-state index in [-0.39, 0.29) is 6.04 Å². The van der Waals surface area contributed by atoms with Crippen LogP contribution in [0.3, 0.4) is 0 Å². The van der Waals surface area contributed by atoms with Gasteiger partial charge in [-0.05, 0) is 18.8 Å². The van der Waals surface area contributed by atoms with Gasteiger partial charge in [-0.3, -0.25) is 0 Å². The molecule has 80 valence electrons. The van der Waals surface area contributed by atoms with Crippen LogP contribution in [-0.4, -0.2) is 15.6 Å². The van der Waals surface area contributed by atoms with Gasteiger partial charge in [0.2, 0.25) is 0 Å². The molecule has 0 bridgehead atoms. The highest BCUT2D eigenvalue weighted by molar-refractivity contribution is 4.99. The maximum Gasteiger partial charge on any atom is 0.0948 e. The maximum absolute atomic E-state index is 5.92. The van der Waals surface area contributed by atoms with Gasteiger partial charge in [0.05, 0.1) is 6.33 Å². The van der Waals surface area contributed by atoms with Gasteiger partial charge in [0, 0.05) is 24.5 Å². The molecule has 1 heterocycles. The van der Waals surface area contributed by atoms with Gasteiger partial charge in [-0.2, -0.15) is 0 Å². The lowest BCUT2D eigenvalue weighted by Gasteiger charge is -2.13. The lowest BCUT2D eigenvalue weighted by Crippen LogP contribution is -2.25. The van der Waals surface area contributed by atoms with Crippen LogP contribution >= 0.6 is 0 Å². The number of hydrogen-bond donors (Lipinski definition) is 1. The first-order chi connectivity index (χ1) is 6.63. The second kappa shape index (κ2) is 5.15. The number of imidazole rings is 1. The summed E-state index contributed by atoms with van der Waals surface area (Å²) < 4.78 is 2.17. The van der Waals surface area contributed by atoms with Crippen LogP contribution < -0.4 is 5.73 Å². The molecule has 0 amide bonds. The minimum atomic E-state index is 0.245. The van der Waals surface area contributed by atoms with Crippen molar-refractivity contribution in [2.45, 2.75) is 46.2 Å². The Kier molecular flexibility index (Phi) is 4.14. The topological polar surface area (TPSA) is 43.8 Å². The molecule has 0 aliphatic heterocycles. The van der Waals surface area contributed by atoms with Crippen LogP contribution in [0.5, 0.6) is 0 Å². The van der Waals surface area contributed by atoms with E-state index in [2.05, 4.69) is 30.3 Å². The van der Waals surface area contributed by atoms with Crippen LogP contribution in [0.1, 0.15) is 32.9 Å². The van der Waals surface area contributed by atoms with E-state index in [1.807, 2.05) is 12.5 Å². The predicted molar refractivity (Wildman–Crippen MR) is 59.0 cm³/mol. The molecule has 0 aliphatic carbocycles. The zero-order valence-corrected chi connectivity index (χ0v) is 9.40. The van der Waals surface area contributed by atoms with Crippen LogP contribution in [0.4, 0.5) is 0 Å². The normalized spacial score (nSPS) is 13.5. The second-order valence-electron chi connectivity index (χ2n) is 4.30. The highest BCUT2D eigenvalue weighted by atomic mass is 15.1. The Bertz CT molecular complexity index is 265. The molecule has 1 aromatic heterocycles. The molecule has 3 nitrogen and oxygen atoms in total. The summed E-state index contributed by atoms with van der Waals surface area (Å²) >= 11 is 0. The Morgan fingerprint density at radius 2 is 2.21 bits per heavy atom. The summed E-state index contributed by atoms with van der Waals surface area (Å²) in [6, 6.07) is 0.245. The molecule has 2 N–H and O–H groups in total. The summed E-state index contributed by atoms with van der Waals surface area (Å²) in [7, 11) is 0. The van der Waals surface area contributed by atoms with Crippen LogP contribution in [0.15, 0.2) is 12.5 Å². The second-order valence-corrected chi connectivity index (χ2v) is 4.30. The summed E-state index contributed by atoms with van der Waals surface area (Å²) in [4.78, 5) is 4.17. The van der Waals surface area contributed by atoms with E-state index in [4.69, 9.17) is 5.73 Å². The number of aromatic nitrogens is 2. The van der Waals surface area contributed by atoms with E-state index in [0.29, 0.717) is 5.92 Å². The summed E-state index contributed by atoms with van der Waals surface area (Å²) in [6.07, 6.45) is 5.92. The first-order valence-corrected chi connectivity index (χ1v) is 5.38. The Balaban J connectivity index is 2.62. The fourth-order valence-electron chi connectivity index (χ4n) is 1.48. The van der Waals surface area contributed by atoms with Crippen molar-refractivity contribution in [3.63, 3.8) is 0 Å². The number of nitrogens with zero attached hydrogens (tertiary/aromatic N) is 2. The van der Waals surface area contributed by atoms with Crippen LogP contribution in [0.25, 0.3) is 0 Å². The zero-order valence-electron chi connectivity index (χ0n) is 9.40. The Morgan fingerprint density at radius 3 is 2.79 bits per heavy atom. The molecule has 3 heteroatoms. The minimum absolute atomic E-state index is 0.245. The molecule has 0 radical (unpaired) electrons. The van der Waals surface area contributed by atoms with Gasteiger partial charge in [0.15, 0.2) is 0 Å². The van der Waals surface area contributed by atoms with Gasteiger partial charge in [-0.1, -0.05) is 20.8 Å². The lowest BCUT2D eigenvalue weighted by atomic mass is 10.1. The number of hydrogen-bond acceptors (Lipinski definition) is 2. The largest absolute Gasteiger partial charge is 0.333 e. The smallest absolute Gasteiger partial charge is 0.0948 e. The van der Waals surface area contributed by atoms with Crippen molar-refractivity contribution < 1.29 is 0 Å². The van der Waals surface area contributed by atoms with Gasteiger partial charge in [-0.15, -0.1) is 0 Å². The third-order valence-corrected chi connectivity index (χ3v) is 2.37. The van der Waals surface area contributed by atoms with E-state index in [0.717, 1.165) is 19.4 Å². The SMILES string of the molecule is CCC(N)Cn1cncc1CC(C)C. The molecule has 0 saturated heterocycles. The van der Waals surface area contributed by atoms with Crippen molar-refractivity contribution >= 4 is 0 Å². The number of rotatable bonds is 5. The fraction of sp³-hybridized carbons (Fsp3) is 0.727. The quantitative estimate of drug-likeness (QED) is 0.779. The predicted octanol–water partition coefficient (Wildman–Crippen LogP) is 1.82. The highest BCUT2D eigenvalue weighted by Gasteiger charge is 2.07. The van der Waals surface area contributed by atoms with Crippen molar-refractivity contribution in [2.75, 3.05) is 0 Å². The molecule has 0 aliphatic rings. The van der Waals surface area contributed by atoms with E-state index in [9.17, 15) is 0 Å². The summed E-state index contributed by atoms with van der Waals surface area (Å²) in [5.41, 5.74) is 7.21. The Hall–Kier alpha value is -0.830. The van der Waals surface area contributed by atoms with E-state index in [1.165, 1.54) is 5.69 Å². The third-order valence-electron chi connectivity index (χ3n) is 2.37. The number of nitrogens with two attached hydrogens (primary N) is 1. The van der Waals surface area contributed by atoms with Gasteiger partial charge in [-0.25, -0.2) is 4.98 Å². The lowest BCUT2D eigenvalue weighted by molar-refractivity contribution is 0.510. The summed E-state index contributed by atoms with van der Waals surface area (Å²) in [5.74, 6) is 0.670. The molecule has 1 unspecified atom stereocenters. The maximum atomic E-state index is 5.92. The van der Waals surface area contributed by atoms with Crippen LogP contribution in [-0.2, 0) is 13.0 Å². The van der Waals surface area contributed by atoms with Crippen LogP contribution in [0, 0.1) is 5.92 Å². The van der Waals surface area contributed by atoms with Gasteiger partial charge >= 0.3 is 0 Å². The molecule has 0 fully saturated rings. The molecule has 1 atom stereocenters. The molecule has 0 saturated carbocycles. The molecular formula is C11H21N3. The average Bonchev–Trinajstić information content (AvgIpc) is 2.52. The Morgan fingerprint density at radius 1 is 1.50 bits per heavy atom. The molecule has 0 spiro atoms. The van der Waals surface area contributed by atoms with Crippen molar-refractivity contribution in [1.29, 1.82) is 0 Å². The zero-order chi connectivity index (χ0) is 10.6. The van der Waals surface area contributed by atoms with Crippen molar-refractivity contribution in [1.82, 2.24) is 9.55 Å². The van der Waals surface area contributed by atoms with E-state index in [1.54, 1.807) is 0 Å². The molecular weight excluding hydrogens is 174 g/mol.